The maximum Gasteiger partial charge on any atom is 0.308 e. The van der Waals surface area contributed by atoms with Crippen molar-refractivity contribution in [1.29, 1.82) is 0 Å². The van der Waals surface area contributed by atoms with Gasteiger partial charge in [-0.1, -0.05) is 6.07 Å². The third kappa shape index (κ3) is 4.31. The Bertz CT molecular complexity index is 446. The number of thiophene rings is 1. The first kappa shape index (κ1) is 15.0. The monoisotopic (exact) mass is 297 g/mol. The van der Waals surface area contributed by atoms with E-state index in [0.29, 0.717) is 26.1 Å². The third-order valence-electron chi connectivity index (χ3n) is 3.28. The Morgan fingerprint density at radius 2 is 2.40 bits per heavy atom. The number of carbonyl (C=O) groups is 2. The average molecular weight is 297 g/mol. The number of esters is 1. The molecule has 0 saturated carbocycles. The highest BCUT2D eigenvalue weighted by atomic mass is 32.1. The lowest BCUT2D eigenvalue weighted by molar-refractivity contribution is -0.150. The molecule has 6 heteroatoms. The highest BCUT2D eigenvalue weighted by molar-refractivity contribution is 7.09. The van der Waals surface area contributed by atoms with Crippen molar-refractivity contribution in [2.45, 2.75) is 25.4 Å². The van der Waals surface area contributed by atoms with Gasteiger partial charge in [-0.3, -0.25) is 9.59 Å². The minimum Gasteiger partial charge on any atom is -0.469 e. The van der Waals surface area contributed by atoms with Gasteiger partial charge in [-0.15, -0.1) is 11.3 Å². The van der Waals surface area contributed by atoms with Crippen LogP contribution >= 0.6 is 11.3 Å². The minimum atomic E-state index is -0.303. The number of carbonyl (C=O) groups excluding carboxylic acids is 2. The summed E-state index contributed by atoms with van der Waals surface area (Å²) in [6, 6.07) is 4.03. The van der Waals surface area contributed by atoms with E-state index in [1.54, 1.807) is 16.2 Å². The fraction of sp³-hybridized carbons (Fsp3) is 0.571. The van der Waals surface area contributed by atoms with Gasteiger partial charge in [0.15, 0.2) is 0 Å². The van der Waals surface area contributed by atoms with Gasteiger partial charge in [0.2, 0.25) is 5.91 Å². The number of methoxy groups -OCH3 is 1. The lowest BCUT2D eigenvalue weighted by atomic mass is 10.2. The molecule has 1 saturated heterocycles. The number of ether oxygens (including phenoxy) is 2. The first-order valence-corrected chi connectivity index (χ1v) is 7.55. The maximum absolute atomic E-state index is 12.2. The predicted molar refractivity (Wildman–Crippen MR) is 75.6 cm³/mol. The van der Waals surface area contributed by atoms with Crippen LogP contribution < -0.4 is 0 Å². The Kier molecular flexibility index (Phi) is 5.55. The van der Waals surface area contributed by atoms with Gasteiger partial charge in [-0.2, -0.15) is 0 Å². The Hall–Kier alpha value is -1.40. The van der Waals surface area contributed by atoms with Gasteiger partial charge < -0.3 is 14.4 Å². The molecule has 0 radical (unpaired) electrons. The van der Waals surface area contributed by atoms with Crippen LogP contribution in [0, 0.1) is 0 Å². The molecule has 1 amide bonds. The van der Waals surface area contributed by atoms with Gasteiger partial charge >= 0.3 is 5.97 Å². The van der Waals surface area contributed by atoms with Crippen LogP contribution in [0.2, 0.25) is 0 Å². The highest BCUT2D eigenvalue weighted by Gasteiger charge is 2.26. The van der Waals surface area contributed by atoms with Gasteiger partial charge in [0.1, 0.15) is 0 Å². The van der Waals surface area contributed by atoms with E-state index in [4.69, 9.17) is 4.74 Å². The zero-order valence-corrected chi connectivity index (χ0v) is 12.4. The molecule has 1 aliphatic heterocycles. The Morgan fingerprint density at radius 1 is 1.55 bits per heavy atom. The second-order valence-electron chi connectivity index (χ2n) is 4.69. The van der Waals surface area contributed by atoms with Crippen molar-refractivity contribution >= 4 is 23.2 Å². The molecular weight excluding hydrogens is 278 g/mol. The lowest BCUT2D eigenvalue weighted by Gasteiger charge is -2.32. The third-order valence-corrected chi connectivity index (χ3v) is 4.22. The summed E-state index contributed by atoms with van der Waals surface area (Å²) >= 11 is 1.67. The number of hydrogen-bond donors (Lipinski definition) is 0. The molecule has 1 fully saturated rings. The fourth-order valence-corrected chi connectivity index (χ4v) is 2.89. The van der Waals surface area contributed by atoms with Crippen LogP contribution in [0.15, 0.2) is 17.5 Å². The van der Waals surface area contributed by atoms with E-state index in [9.17, 15) is 9.59 Å². The van der Waals surface area contributed by atoms with Gasteiger partial charge in [0.05, 0.1) is 26.2 Å². The first-order chi connectivity index (χ1) is 9.69. The van der Waals surface area contributed by atoms with E-state index in [-0.39, 0.29) is 24.4 Å². The van der Waals surface area contributed by atoms with Crippen LogP contribution in [-0.2, 0) is 25.5 Å². The molecule has 2 rings (SSSR count). The van der Waals surface area contributed by atoms with Gasteiger partial charge in [-0.25, -0.2) is 0 Å². The molecule has 20 heavy (non-hydrogen) atoms. The minimum absolute atomic E-state index is 0.122. The Balaban J connectivity index is 1.79. The van der Waals surface area contributed by atoms with Gasteiger partial charge in [-0.05, 0) is 17.9 Å². The van der Waals surface area contributed by atoms with Crippen molar-refractivity contribution in [2.75, 3.05) is 26.8 Å². The zero-order chi connectivity index (χ0) is 14.4. The summed E-state index contributed by atoms with van der Waals surface area (Å²) in [6.45, 7) is 1.55. The Labute approximate surface area is 122 Å². The van der Waals surface area contributed by atoms with Crippen molar-refractivity contribution in [3.05, 3.63) is 22.4 Å². The van der Waals surface area contributed by atoms with E-state index >= 15 is 0 Å². The summed E-state index contributed by atoms with van der Waals surface area (Å²) in [5, 5.41) is 2.01. The fourth-order valence-electron chi connectivity index (χ4n) is 2.18. The molecule has 110 valence electrons. The normalized spacial score (nSPS) is 18.9. The molecular formula is C14H19NO4S. The summed E-state index contributed by atoms with van der Waals surface area (Å²) in [5.41, 5.74) is 0. The molecule has 2 heterocycles. The largest absolute Gasteiger partial charge is 0.469 e. The summed E-state index contributed by atoms with van der Waals surface area (Å²) in [4.78, 5) is 26.4. The SMILES string of the molecule is COC(=O)CC1CN(C(=O)CCc2cccs2)CCO1. The second kappa shape index (κ2) is 7.40. The van der Waals surface area contributed by atoms with E-state index in [0.717, 1.165) is 6.42 Å². The van der Waals surface area contributed by atoms with E-state index in [1.807, 2.05) is 17.5 Å². The van der Waals surface area contributed by atoms with Crippen LogP contribution in [0.1, 0.15) is 17.7 Å². The second-order valence-corrected chi connectivity index (χ2v) is 5.72. The van der Waals surface area contributed by atoms with Crippen molar-refractivity contribution in [3.8, 4) is 0 Å². The van der Waals surface area contributed by atoms with E-state index in [2.05, 4.69) is 4.74 Å². The van der Waals surface area contributed by atoms with E-state index < -0.39 is 0 Å². The molecule has 1 aromatic rings. The van der Waals surface area contributed by atoms with Gasteiger partial charge in [0.25, 0.3) is 0 Å². The van der Waals surface area contributed by atoms with Crippen molar-refractivity contribution in [2.24, 2.45) is 0 Å². The van der Waals surface area contributed by atoms with Crippen LogP contribution in [0.3, 0.4) is 0 Å². The number of amides is 1. The smallest absolute Gasteiger partial charge is 0.308 e. The predicted octanol–water partition coefficient (Wildman–Crippen LogP) is 1.47. The first-order valence-electron chi connectivity index (χ1n) is 6.67. The molecule has 5 nitrogen and oxygen atoms in total. The van der Waals surface area contributed by atoms with Crippen molar-refractivity contribution < 1.29 is 19.1 Å². The average Bonchev–Trinajstić information content (AvgIpc) is 2.98. The highest BCUT2D eigenvalue weighted by Crippen LogP contribution is 2.14. The summed E-state index contributed by atoms with van der Waals surface area (Å²) in [6.07, 6.45) is 1.23. The number of nitrogens with zero attached hydrogens (tertiary/aromatic N) is 1. The summed E-state index contributed by atoms with van der Waals surface area (Å²) in [5.74, 6) is -0.181. The number of hydrogen-bond acceptors (Lipinski definition) is 5. The lowest BCUT2D eigenvalue weighted by Crippen LogP contribution is -2.46. The summed E-state index contributed by atoms with van der Waals surface area (Å²) < 4.78 is 10.1. The standard InChI is InChI=1S/C14H19NO4S/c1-18-14(17)9-11-10-15(6-7-19-11)13(16)5-4-12-3-2-8-20-12/h2-3,8,11H,4-7,9-10H2,1H3. The molecule has 1 aliphatic rings. The number of aryl methyl sites for hydroxylation is 1. The molecule has 1 unspecified atom stereocenters. The molecule has 0 spiro atoms. The van der Waals surface area contributed by atoms with Crippen molar-refractivity contribution in [3.63, 3.8) is 0 Å². The Morgan fingerprint density at radius 3 is 3.10 bits per heavy atom. The van der Waals surface area contributed by atoms with Crippen molar-refractivity contribution in [1.82, 2.24) is 4.90 Å². The van der Waals surface area contributed by atoms with Crippen LogP contribution in [0.5, 0.6) is 0 Å². The van der Waals surface area contributed by atoms with Crippen LogP contribution in [-0.4, -0.2) is 49.7 Å². The quantitative estimate of drug-likeness (QED) is 0.772. The number of rotatable bonds is 5. The topological polar surface area (TPSA) is 55.8 Å². The van der Waals surface area contributed by atoms with Crippen LogP contribution in [0.4, 0.5) is 0 Å². The molecule has 1 aromatic heterocycles. The zero-order valence-electron chi connectivity index (χ0n) is 11.5. The summed E-state index contributed by atoms with van der Waals surface area (Å²) in [7, 11) is 1.36. The molecule has 0 aliphatic carbocycles. The maximum atomic E-state index is 12.2. The molecule has 0 aromatic carbocycles. The molecule has 0 N–H and O–H groups in total. The van der Waals surface area contributed by atoms with Crippen LogP contribution in [0.25, 0.3) is 0 Å². The van der Waals surface area contributed by atoms with Gasteiger partial charge in [0, 0.05) is 24.4 Å². The molecule has 0 bridgehead atoms. The van der Waals surface area contributed by atoms with E-state index in [1.165, 1.54) is 12.0 Å². The number of morpholine rings is 1. The molecule has 1 atom stereocenters.